The van der Waals surface area contributed by atoms with Crippen molar-refractivity contribution >= 4 is 46.9 Å². The number of esters is 1. The van der Waals surface area contributed by atoms with Crippen LogP contribution in [0.3, 0.4) is 0 Å². The van der Waals surface area contributed by atoms with Crippen LogP contribution in [0.2, 0.25) is 10.0 Å². The summed E-state index contributed by atoms with van der Waals surface area (Å²) in [7, 11) is 0. The molecule has 0 aliphatic carbocycles. The van der Waals surface area contributed by atoms with E-state index < -0.39 is 48.1 Å². The Kier molecular flexibility index (Phi) is 8.04. The Bertz CT molecular complexity index is 935. The van der Waals surface area contributed by atoms with Crippen molar-refractivity contribution in [1.29, 1.82) is 0 Å². The van der Waals surface area contributed by atoms with Crippen LogP contribution in [0.15, 0.2) is 12.1 Å². The number of phenolic OH excluding ortho intramolecular Hbond substituents is 1. The van der Waals surface area contributed by atoms with E-state index in [-0.39, 0.29) is 27.8 Å². The number of amides is 3. The first-order valence-electron chi connectivity index (χ1n) is 10.5. The Hall–Kier alpha value is -2.56. The van der Waals surface area contributed by atoms with Crippen LogP contribution in [0, 0.1) is 0 Å². The number of rotatable bonds is 7. The van der Waals surface area contributed by atoms with Gasteiger partial charge >= 0.3 is 5.97 Å². The van der Waals surface area contributed by atoms with Gasteiger partial charge in [-0.15, -0.1) is 0 Å². The third kappa shape index (κ3) is 5.69. The Morgan fingerprint density at radius 1 is 1.30 bits per heavy atom. The average Bonchev–Trinajstić information content (AvgIpc) is 3.38. The number of ether oxygens (including phenoxy) is 2. The smallest absolute Gasteiger partial charge is 0.310 e. The highest BCUT2D eigenvalue weighted by Gasteiger charge is 2.41. The minimum atomic E-state index is -0.940. The lowest BCUT2D eigenvalue weighted by molar-refractivity contribution is -0.164. The zero-order chi connectivity index (χ0) is 24.3. The number of nitrogens with one attached hydrogen (secondary N) is 2. The first-order valence-corrected chi connectivity index (χ1v) is 11.3. The normalized spacial score (nSPS) is 23.2. The maximum atomic E-state index is 13.0. The Labute approximate surface area is 200 Å². The molecule has 0 aromatic heterocycles. The van der Waals surface area contributed by atoms with Gasteiger partial charge in [0.2, 0.25) is 18.1 Å². The summed E-state index contributed by atoms with van der Waals surface area (Å²) >= 11 is 11.7. The number of hydrogen-bond donors (Lipinski definition) is 3. The molecule has 10 nitrogen and oxygen atoms in total. The van der Waals surface area contributed by atoms with Gasteiger partial charge in [0, 0.05) is 18.7 Å². The maximum Gasteiger partial charge on any atom is 0.310 e. The monoisotopic (exact) mass is 501 g/mol. The molecule has 33 heavy (non-hydrogen) atoms. The van der Waals surface area contributed by atoms with Gasteiger partial charge < -0.3 is 30.1 Å². The van der Waals surface area contributed by atoms with Crippen molar-refractivity contribution in [3.05, 3.63) is 27.7 Å². The first kappa shape index (κ1) is 25.1. The van der Waals surface area contributed by atoms with E-state index in [1.54, 1.807) is 6.92 Å². The fourth-order valence-corrected chi connectivity index (χ4v) is 4.33. The summed E-state index contributed by atoms with van der Waals surface area (Å²) in [5.74, 6) is -2.27. The molecule has 3 N–H and O–H groups in total. The molecule has 2 aliphatic rings. The van der Waals surface area contributed by atoms with Crippen LogP contribution in [0.25, 0.3) is 0 Å². The third-order valence-electron chi connectivity index (χ3n) is 5.46. The standard InChI is InChI=1S/C21H25Cl2N3O7/c1-3-32-21-14(9-16(27)33-21)25-19(30)15-5-4-6-26(15)20(31)10(2)24-18(29)11-7-12(22)17(28)13(23)8-11/h7-8,10,14-15,21,28H,3-6,9H2,1-2H3,(H,24,29)(H,25,30)/t10-,14?,15?,21?/m0/s1. The number of halogens is 2. The van der Waals surface area contributed by atoms with E-state index in [4.69, 9.17) is 32.7 Å². The summed E-state index contributed by atoms with van der Waals surface area (Å²) in [4.78, 5) is 51.4. The second-order valence-corrected chi connectivity index (χ2v) is 8.62. The Morgan fingerprint density at radius 2 is 1.97 bits per heavy atom. The molecule has 12 heteroatoms. The molecule has 2 saturated heterocycles. The quantitative estimate of drug-likeness (QED) is 0.483. The number of benzene rings is 1. The van der Waals surface area contributed by atoms with Crippen LogP contribution in [-0.4, -0.2) is 71.3 Å². The van der Waals surface area contributed by atoms with Crippen molar-refractivity contribution in [1.82, 2.24) is 15.5 Å². The van der Waals surface area contributed by atoms with Crippen LogP contribution in [0.5, 0.6) is 5.75 Å². The summed E-state index contributed by atoms with van der Waals surface area (Å²) < 4.78 is 10.4. The molecular formula is C21H25Cl2N3O7. The van der Waals surface area contributed by atoms with Crippen LogP contribution in [0.1, 0.15) is 43.5 Å². The molecule has 2 aliphatic heterocycles. The van der Waals surface area contributed by atoms with E-state index in [1.807, 2.05) is 0 Å². The van der Waals surface area contributed by atoms with Crippen LogP contribution in [-0.2, 0) is 23.9 Å². The highest BCUT2D eigenvalue weighted by Crippen LogP contribution is 2.32. The van der Waals surface area contributed by atoms with E-state index in [0.29, 0.717) is 26.0 Å². The van der Waals surface area contributed by atoms with Crippen LogP contribution < -0.4 is 10.6 Å². The van der Waals surface area contributed by atoms with Gasteiger partial charge in [-0.1, -0.05) is 23.2 Å². The molecule has 3 unspecified atom stereocenters. The van der Waals surface area contributed by atoms with Crippen molar-refractivity contribution in [2.24, 2.45) is 0 Å². The number of likely N-dealkylation sites (tertiary alicyclic amines) is 1. The van der Waals surface area contributed by atoms with Gasteiger partial charge in [0.1, 0.15) is 18.1 Å². The van der Waals surface area contributed by atoms with Crippen molar-refractivity contribution in [3.8, 4) is 5.75 Å². The van der Waals surface area contributed by atoms with Crippen molar-refractivity contribution < 1.29 is 33.8 Å². The molecule has 180 valence electrons. The molecular weight excluding hydrogens is 477 g/mol. The van der Waals surface area contributed by atoms with Gasteiger partial charge in [-0.05, 0) is 38.8 Å². The average molecular weight is 502 g/mol. The molecule has 1 aromatic rings. The molecule has 0 spiro atoms. The van der Waals surface area contributed by atoms with E-state index >= 15 is 0 Å². The van der Waals surface area contributed by atoms with Gasteiger partial charge in [0.05, 0.1) is 16.5 Å². The predicted octanol–water partition coefficient (Wildman–Crippen LogP) is 1.60. The first-order chi connectivity index (χ1) is 15.6. The second kappa shape index (κ2) is 10.6. The fraction of sp³-hybridized carbons (Fsp3) is 0.524. The molecule has 1 aromatic carbocycles. The third-order valence-corrected chi connectivity index (χ3v) is 6.03. The molecule has 4 atom stereocenters. The van der Waals surface area contributed by atoms with E-state index in [2.05, 4.69) is 10.6 Å². The predicted molar refractivity (Wildman–Crippen MR) is 118 cm³/mol. The number of phenols is 1. The number of nitrogens with zero attached hydrogens (tertiary/aromatic N) is 1. The molecule has 0 saturated carbocycles. The SMILES string of the molecule is CCOC1OC(=O)CC1NC(=O)C1CCCN1C(=O)[C@H](C)NC(=O)c1cc(Cl)c(O)c(Cl)c1. The molecule has 2 heterocycles. The summed E-state index contributed by atoms with van der Waals surface area (Å²) in [6.07, 6.45) is 0.186. The number of carbonyl (C=O) groups excluding carboxylic acids is 4. The fourth-order valence-electron chi connectivity index (χ4n) is 3.84. The zero-order valence-corrected chi connectivity index (χ0v) is 19.6. The van der Waals surface area contributed by atoms with E-state index in [1.165, 1.54) is 24.0 Å². The van der Waals surface area contributed by atoms with Crippen molar-refractivity contribution in [3.63, 3.8) is 0 Å². The number of cyclic esters (lactones) is 1. The van der Waals surface area contributed by atoms with Gasteiger partial charge in [0.25, 0.3) is 5.91 Å². The number of carbonyl (C=O) groups is 4. The molecule has 3 rings (SSSR count). The van der Waals surface area contributed by atoms with Crippen LogP contribution >= 0.6 is 23.2 Å². The maximum absolute atomic E-state index is 13.0. The second-order valence-electron chi connectivity index (χ2n) is 7.81. The van der Waals surface area contributed by atoms with Crippen molar-refractivity contribution in [2.75, 3.05) is 13.2 Å². The van der Waals surface area contributed by atoms with E-state index in [9.17, 15) is 24.3 Å². The minimum absolute atomic E-state index is 0.0126. The topological polar surface area (TPSA) is 134 Å². The zero-order valence-electron chi connectivity index (χ0n) is 18.1. The molecule has 0 bridgehead atoms. The highest BCUT2D eigenvalue weighted by molar-refractivity contribution is 6.37. The van der Waals surface area contributed by atoms with Gasteiger partial charge in [0.15, 0.2) is 5.75 Å². The lowest BCUT2D eigenvalue weighted by Crippen LogP contribution is -2.54. The van der Waals surface area contributed by atoms with Gasteiger partial charge in [-0.2, -0.15) is 0 Å². The number of aromatic hydroxyl groups is 1. The van der Waals surface area contributed by atoms with Gasteiger partial charge in [-0.25, -0.2) is 0 Å². The summed E-state index contributed by atoms with van der Waals surface area (Å²) in [5.41, 5.74) is 0.0750. The lowest BCUT2D eigenvalue weighted by Gasteiger charge is -2.28. The minimum Gasteiger partial charge on any atom is -0.505 e. The summed E-state index contributed by atoms with van der Waals surface area (Å²) in [5, 5.41) is 14.8. The molecule has 2 fully saturated rings. The molecule has 3 amide bonds. The highest BCUT2D eigenvalue weighted by atomic mass is 35.5. The van der Waals surface area contributed by atoms with Crippen LogP contribution in [0.4, 0.5) is 0 Å². The number of hydrogen-bond acceptors (Lipinski definition) is 7. The molecule has 0 radical (unpaired) electrons. The summed E-state index contributed by atoms with van der Waals surface area (Å²) in [6, 6.07) is 0.156. The van der Waals surface area contributed by atoms with Crippen molar-refractivity contribution in [2.45, 2.75) is 57.5 Å². The van der Waals surface area contributed by atoms with Gasteiger partial charge in [-0.3, -0.25) is 19.2 Å². The Balaban J connectivity index is 1.63. The van der Waals surface area contributed by atoms with E-state index in [0.717, 1.165) is 0 Å². The summed E-state index contributed by atoms with van der Waals surface area (Å²) in [6.45, 7) is 3.92. The lowest BCUT2D eigenvalue weighted by atomic mass is 10.1. The Morgan fingerprint density at radius 3 is 2.61 bits per heavy atom. The largest absolute Gasteiger partial charge is 0.505 e.